The zero-order chi connectivity index (χ0) is 29.8. The fourth-order valence-corrected chi connectivity index (χ4v) is 8.96. The van der Waals surface area contributed by atoms with Gasteiger partial charge in [-0.25, -0.2) is 0 Å². The quantitative estimate of drug-likeness (QED) is 0.277. The molecular weight excluding hydrogens is 584 g/mol. The normalized spacial score (nSPS) is 28.1. The molecule has 4 atom stereocenters. The van der Waals surface area contributed by atoms with Crippen molar-refractivity contribution in [3.05, 3.63) is 93.0 Å². The third-order valence-corrected chi connectivity index (χ3v) is 11.5. The lowest BCUT2D eigenvalue weighted by atomic mass is 9.63. The minimum absolute atomic E-state index is 0.0986. The Balaban J connectivity index is 0.000000157. The number of hydrogen-bond acceptors (Lipinski definition) is 2. The molecule has 2 saturated heterocycles. The Morgan fingerprint density at radius 3 is 1.79 bits per heavy atom. The van der Waals surface area contributed by atoms with Crippen molar-refractivity contribution in [2.75, 3.05) is 14.1 Å². The number of carbonyl (C=O) groups is 2. The molecular formula is C37H43BrN2O2. The largest absolute Gasteiger partial charge is 0.342 e. The van der Waals surface area contributed by atoms with Gasteiger partial charge in [0.15, 0.2) is 0 Å². The first-order valence-corrected chi connectivity index (χ1v) is 16.3. The number of carbonyl (C=O) groups excluding carboxylic acids is 2. The number of rotatable bonds is 1. The van der Waals surface area contributed by atoms with Crippen molar-refractivity contribution < 1.29 is 9.59 Å². The molecule has 0 radical (unpaired) electrons. The molecule has 3 aromatic rings. The summed E-state index contributed by atoms with van der Waals surface area (Å²) in [4.78, 5) is 28.0. The van der Waals surface area contributed by atoms with Crippen LogP contribution in [0, 0.1) is 6.92 Å². The summed E-state index contributed by atoms with van der Waals surface area (Å²) >= 11 is 3.55. The van der Waals surface area contributed by atoms with Crippen molar-refractivity contribution in [1.82, 2.24) is 9.80 Å². The number of piperidine rings is 2. The highest BCUT2D eigenvalue weighted by molar-refractivity contribution is 9.10. The van der Waals surface area contributed by atoms with Gasteiger partial charge in [0.25, 0.3) is 0 Å². The van der Waals surface area contributed by atoms with Crippen LogP contribution < -0.4 is 0 Å². The molecule has 0 spiro atoms. The first-order valence-electron chi connectivity index (χ1n) is 15.5. The second-order valence-corrected chi connectivity index (χ2v) is 14.4. The number of nitrogens with zero attached hydrogens (tertiary/aromatic N) is 2. The fourth-order valence-electron chi connectivity index (χ4n) is 8.55. The van der Waals surface area contributed by atoms with E-state index in [1.807, 2.05) is 23.9 Å². The molecule has 42 heavy (non-hydrogen) atoms. The van der Waals surface area contributed by atoms with Gasteiger partial charge in [0.05, 0.1) is 0 Å². The SMILES string of the molecule is CN1C(=O)CC[C@]2(C)c3ccc(Br)cc3CCC12.Cc1cccc(-c2ccc3c(c2)CCC2N(C)C(=O)CC[C@]32C)c1. The molecule has 2 aliphatic carbocycles. The third kappa shape index (κ3) is 4.92. The highest BCUT2D eigenvalue weighted by Gasteiger charge is 2.48. The summed E-state index contributed by atoms with van der Waals surface area (Å²) in [5.41, 5.74) is 9.95. The van der Waals surface area contributed by atoms with E-state index in [1.165, 1.54) is 38.9 Å². The number of likely N-dealkylation sites (N-methyl/N-ethyl adjacent to an activating group) is 2. The second-order valence-electron chi connectivity index (χ2n) is 13.5. The average molecular weight is 628 g/mol. The summed E-state index contributed by atoms with van der Waals surface area (Å²) < 4.78 is 1.16. The van der Waals surface area contributed by atoms with Crippen LogP contribution in [0.15, 0.2) is 65.1 Å². The minimum atomic E-state index is 0.0986. The Morgan fingerprint density at radius 2 is 1.21 bits per heavy atom. The summed E-state index contributed by atoms with van der Waals surface area (Å²) in [7, 11) is 3.95. The summed E-state index contributed by atoms with van der Waals surface area (Å²) in [6.45, 7) is 6.82. The molecule has 0 bridgehead atoms. The number of aryl methyl sites for hydroxylation is 3. The van der Waals surface area contributed by atoms with Crippen LogP contribution in [-0.2, 0) is 33.3 Å². The smallest absolute Gasteiger partial charge is 0.222 e. The van der Waals surface area contributed by atoms with E-state index in [0.717, 1.165) is 43.0 Å². The molecule has 2 fully saturated rings. The lowest BCUT2D eigenvalue weighted by molar-refractivity contribution is -0.138. The molecule has 220 valence electrons. The highest BCUT2D eigenvalue weighted by atomic mass is 79.9. The minimum Gasteiger partial charge on any atom is -0.342 e. The number of amides is 2. The zero-order valence-electron chi connectivity index (χ0n) is 25.7. The predicted octanol–water partition coefficient (Wildman–Crippen LogP) is 7.76. The van der Waals surface area contributed by atoms with E-state index in [2.05, 4.69) is 97.4 Å². The Kier molecular flexibility index (Phi) is 7.62. The van der Waals surface area contributed by atoms with Gasteiger partial charge in [-0.2, -0.15) is 0 Å². The topological polar surface area (TPSA) is 40.6 Å². The molecule has 2 unspecified atom stereocenters. The van der Waals surface area contributed by atoms with Gasteiger partial charge in [0, 0.05) is 54.3 Å². The molecule has 3 aromatic carbocycles. The Hall–Kier alpha value is -2.92. The van der Waals surface area contributed by atoms with E-state index in [9.17, 15) is 9.59 Å². The van der Waals surface area contributed by atoms with E-state index >= 15 is 0 Å². The molecule has 2 amide bonds. The number of benzene rings is 3. The standard InChI is InChI=1S/C22H25NO.C15H18BrNO/c1-15-5-4-6-16(13-15)17-7-9-19-18(14-17)8-10-20-22(19,2)12-11-21(24)23(20)3;1-15-8-7-14(18)17(2)13(15)6-3-10-9-11(16)4-5-12(10)15/h4-7,9,13-14,20H,8,10-12H2,1-3H3;4-5,9,13H,3,6-8H2,1-2H3/t20?,22-;13?,15-/m11/s1. The van der Waals surface area contributed by atoms with Gasteiger partial charge >= 0.3 is 0 Å². The predicted molar refractivity (Wildman–Crippen MR) is 174 cm³/mol. The van der Waals surface area contributed by atoms with Crippen molar-refractivity contribution in [3.8, 4) is 11.1 Å². The van der Waals surface area contributed by atoms with Crippen LogP contribution in [0.4, 0.5) is 0 Å². The highest BCUT2D eigenvalue weighted by Crippen LogP contribution is 2.47. The number of halogens is 1. The van der Waals surface area contributed by atoms with Crippen LogP contribution in [0.3, 0.4) is 0 Å². The van der Waals surface area contributed by atoms with E-state index in [1.54, 1.807) is 0 Å². The van der Waals surface area contributed by atoms with Crippen molar-refractivity contribution >= 4 is 27.7 Å². The van der Waals surface area contributed by atoms with Crippen molar-refractivity contribution in [2.24, 2.45) is 0 Å². The lowest BCUT2D eigenvalue weighted by Gasteiger charge is -2.50. The summed E-state index contributed by atoms with van der Waals surface area (Å²) in [5.74, 6) is 0.607. The maximum atomic E-state index is 12.1. The van der Waals surface area contributed by atoms with E-state index in [0.29, 0.717) is 36.7 Å². The van der Waals surface area contributed by atoms with Crippen molar-refractivity contribution in [3.63, 3.8) is 0 Å². The molecule has 5 heteroatoms. The van der Waals surface area contributed by atoms with Crippen LogP contribution in [0.25, 0.3) is 11.1 Å². The van der Waals surface area contributed by atoms with Crippen LogP contribution in [-0.4, -0.2) is 47.8 Å². The third-order valence-electron chi connectivity index (χ3n) is 11.0. The average Bonchev–Trinajstić information content (AvgIpc) is 2.97. The molecule has 0 aromatic heterocycles. The molecule has 0 N–H and O–H groups in total. The van der Waals surface area contributed by atoms with Crippen molar-refractivity contribution in [1.29, 1.82) is 0 Å². The Labute approximate surface area is 259 Å². The van der Waals surface area contributed by atoms with Gasteiger partial charge in [0.1, 0.15) is 0 Å². The van der Waals surface area contributed by atoms with E-state index < -0.39 is 0 Å². The monoisotopic (exact) mass is 626 g/mol. The lowest BCUT2D eigenvalue weighted by Crippen LogP contribution is -2.56. The van der Waals surface area contributed by atoms with E-state index in [4.69, 9.17) is 0 Å². The number of hydrogen-bond donors (Lipinski definition) is 0. The van der Waals surface area contributed by atoms with Crippen LogP contribution in [0.1, 0.15) is 80.2 Å². The number of likely N-dealkylation sites (tertiary alicyclic amines) is 2. The molecule has 7 rings (SSSR count). The van der Waals surface area contributed by atoms with Crippen molar-refractivity contribution in [2.45, 2.75) is 95.1 Å². The zero-order valence-corrected chi connectivity index (χ0v) is 27.3. The molecule has 4 nitrogen and oxygen atoms in total. The molecule has 4 aliphatic rings. The molecule has 2 aliphatic heterocycles. The van der Waals surface area contributed by atoms with Gasteiger partial charge < -0.3 is 9.80 Å². The Bertz CT molecular complexity index is 1550. The summed E-state index contributed by atoms with van der Waals surface area (Å²) in [5, 5.41) is 0. The van der Waals surface area contributed by atoms with Crippen LogP contribution in [0.5, 0.6) is 0 Å². The van der Waals surface area contributed by atoms with Gasteiger partial charge in [-0.15, -0.1) is 0 Å². The van der Waals surface area contributed by atoms with Gasteiger partial charge in [-0.1, -0.05) is 83.9 Å². The first-order chi connectivity index (χ1) is 20.0. The number of fused-ring (bicyclic) bond motifs is 6. The summed E-state index contributed by atoms with van der Waals surface area (Å²) in [6, 6.07) is 23.0. The molecule has 2 heterocycles. The van der Waals surface area contributed by atoms with Gasteiger partial charge in [0.2, 0.25) is 11.8 Å². The molecule has 0 saturated carbocycles. The van der Waals surface area contributed by atoms with Gasteiger partial charge in [-0.3, -0.25) is 9.59 Å². The van der Waals surface area contributed by atoms with Crippen LogP contribution in [0.2, 0.25) is 0 Å². The summed E-state index contributed by atoms with van der Waals surface area (Å²) in [6.07, 6.45) is 7.60. The maximum Gasteiger partial charge on any atom is 0.222 e. The fraction of sp³-hybridized carbons (Fsp3) is 0.459. The first kappa shape index (κ1) is 29.2. The maximum absolute atomic E-state index is 12.1. The second kappa shape index (κ2) is 11.0. The van der Waals surface area contributed by atoms with Crippen LogP contribution >= 0.6 is 15.9 Å². The van der Waals surface area contributed by atoms with E-state index in [-0.39, 0.29) is 10.8 Å². The van der Waals surface area contributed by atoms with Gasteiger partial charge in [-0.05, 0) is 91.0 Å². The Morgan fingerprint density at radius 1 is 0.690 bits per heavy atom.